The fourth-order valence-corrected chi connectivity index (χ4v) is 2.40. The molecule has 0 spiro atoms. The molecule has 0 aliphatic carbocycles. The van der Waals surface area contributed by atoms with Crippen LogP contribution in [0.1, 0.15) is 4.88 Å². The van der Waals surface area contributed by atoms with Crippen molar-refractivity contribution in [2.75, 3.05) is 5.32 Å². The molecule has 3 aromatic rings. The molecule has 3 aromatic heterocycles. The summed E-state index contributed by atoms with van der Waals surface area (Å²) >= 11 is 1.61. The predicted molar refractivity (Wildman–Crippen MR) is 81.5 cm³/mol. The first kappa shape index (κ1) is 13.3. The number of nitrogens with zero attached hydrogens (tertiary/aromatic N) is 3. The highest BCUT2D eigenvalue weighted by Crippen LogP contribution is 2.10. The van der Waals surface area contributed by atoms with E-state index in [1.54, 1.807) is 40.5 Å². The zero-order valence-corrected chi connectivity index (χ0v) is 11.9. The molecular weight excluding hydrogens is 286 g/mol. The van der Waals surface area contributed by atoms with Gasteiger partial charge in [-0.2, -0.15) is 5.10 Å². The Balaban J connectivity index is 1.56. The lowest BCUT2D eigenvalue weighted by Crippen LogP contribution is -2.27. The Bertz CT molecular complexity index is 692. The third-order valence-electron chi connectivity index (χ3n) is 2.75. The van der Waals surface area contributed by atoms with Crippen molar-refractivity contribution in [3.05, 3.63) is 59.2 Å². The van der Waals surface area contributed by atoms with Crippen molar-refractivity contribution < 1.29 is 4.79 Å². The van der Waals surface area contributed by atoms with Gasteiger partial charge in [0.25, 0.3) is 0 Å². The molecule has 0 aliphatic rings. The second kappa shape index (κ2) is 6.19. The molecule has 0 saturated carbocycles. The number of thiophene rings is 1. The highest BCUT2D eigenvalue weighted by molar-refractivity contribution is 7.09. The molecule has 0 saturated heterocycles. The highest BCUT2D eigenvalue weighted by Gasteiger charge is 2.03. The van der Waals surface area contributed by atoms with Crippen molar-refractivity contribution in [3.63, 3.8) is 0 Å². The van der Waals surface area contributed by atoms with Crippen LogP contribution in [0.3, 0.4) is 0 Å². The molecule has 2 N–H and O–H groups in total. The molecule has 6 nitrogen and oxygen atoms in total. The maximum atomic E-state index is 11.8. The second-order valence-electron chi connectivity index (χ2n) is 4.24. The first-order chi connectivity index (χ1) is 10.3. The van der Waals surface area contributed by atoms with Gasteiger partial charge in [-0.25, -0.2) is 14.5 Å². The van der Waals surface area contributed by atoms with E-state index in [1.807, 2.05) is 29.8 Å². The quantitative estimate of drug-likeness (QED) is 0.778. The lowest BCUT2D eigenvalue weighted by Gasteiger charge is -2.07. The van der Waals surface area contributed by atoms with Crippen LogP contribution in [0.4, 0.5) is 10.5 Å². The topological polar surface area (TPSA) is 71.8 Å². The largest absolute Gasteiger partial charge is 0.333 e. The van der Waals surface area contributed by atoms with Gasteiger partial charge >= 0.3 is 6.03 Å². The number of carbonyl (C=O) groups excluding carboxylic acids is 1. The summed E-state index contributed by atoms with van der Waals surface area (Å²) in [4.78, 5) is 17.1. The van der Waals surface area contributed by atoms with Gasteiger partial charge in [0, 0.05) is 17.3 Å². The summed E-state index contributed by atoms with van der Waals surface area (Å²) in [5, 5.41) is 11.6. The highest BCUT2D eigenvalue weighted by atomic mass is 32.1. The Labute approximate surface area is 125 Å². The summed E-state index contributed by atoms with van der Waals surface area (Å²) in [6, 6.07) is 9.09. The van der Waals surface area contributed by atoms with Crippen molar-refractivity contribution in [1.29, 1.82) is 0 Å². The first-order valence-corrected chi connectivity index (χ1v) is 7.22. The van der Waals surface area contributed by atoms with Crippen LogP contribution < -0.4 is 10.6 Å². The van der Waals surface area contributed by atoms with E-state index < -0.39 is 0 Å². The number of carbonyl (C=O) groups is 1. The minimum Gasteiger partial charge on any atom is -0.333 e. The van der Waals surface area contributed by atoms with Crippen LogP contribution in [-0.4, -0.2) is 20.8 Å². The Hall–Kier alpha value is -2.67. The van der Waals surface area contributed by atoms with Crippen LogP contribution in [0.25, 0.3) is 5.82 Å². The van der Waals surface area contributed by atoms with Gasteiger partial charge in [-0.15, -0.1) is 11.3 Å². The first-order valence-electron chi connectivity index (χ1n) is 6.34. The lowest BCUT2D eigenvalue weighted by atomic mass is 10.4. The van der Waals surface area contributed by atoms with E-state index in [2.05, 4.69) is 20.7 Å². The number of anilines is 1. The number of rotatable bonds is 4. The van der Waals surface area contributed by atoms with E-state index in [-0.39, 0.29) is 6.03 Å². The smallest absolute Gasteiger partial charge is 0.319 e. The number of amides is 2. The third-order valence-corrected chi connectivity index (χ3v) is 3.62. The Morgan fingerprint density at radius 2 is 2.24 bits per heavy atom. The molecule has 21 heavy (non-hydrogen) atoms. The lowest BCUT2D eigenvalue weighted by molar-refractivity contribution is 0.252. The van der Waals surface area contributed by atoms with Gasteiger partial charge in [0.15, 0.2) is 5.82 Å². The molecule has 0 unspecified atom stereocenters. The second-order valence-corrected chi connectivity index (χ2v) is 5.27. The summed E-state index contributed by atoms with van der Waals surface area (Å²) in [7, 11) is 0. The Morgan fingerprint density at radius 1 is 1.29 bits per heavy atom. The van der Waals surface area contributed by atoms with E-state index in [4.69, 9.17) is 0 Å². The van der Waals surface area contributed by atoms with E-state index in [1.165, 1.54) is 0 Å². The van der Waals surface area contributed by atoms with E-state index in [0.29, 0.717) is 18.1 Å². The van der Waals surface area contributed by atoms with Gasteiger partial charge in [0.2, 0.25) is 0 Å². The summed E-state index contributed by atoms with van der Waals surface area (Å²) in [5.41, 5.74) is 0.634. The summed E-state index contributed by atoms with van der Waals surface area (Å²) in [6.07, 6.45) is 5.09. The van der Waals surface area contributed by atoms with E-state index in [9.17, 15) is 4.79 Å². The molecule has 7 heteroatoms. The number of hydrogen-bond donors (Lipinski definition) is 2. The van der Waals surface area contributed by atoms with E-state index in [0.717, 1.165) is 4.88 Å². The standard InChI is InChI=1S/C14H13N5OS/c20-14(16-10-12-3-1-8-21-12)18-11-4-5-13(15-9-11)19-7-2-6-17-19/h1-9H,10H2,(H2,16,18,20). The van der Waals surface area contributed by atoms with Crippen LogP contribution in [0, 0.1) is 0 Å². The van der Waals surface area contributed by atoms with Gasteiger partial charge in [-0.05, 0) is 29.6 Å². The number of urea groups is 1. The Kier molecular flexibility index (Phi) is 3.92. The fraction of sp³-hybridized carbons (Fsp3) is 0.0714. The summed E-state index contributed by atoms with van der Waals surface area (Å²) < 4.78 is 1.65. The van der Waals surface area contributed by atoms with Crippen molar-refractivity contribution >= 4 is 23.1 Å². The van der Waals surface area contributed by atoms with Crippen LogP contribution in [0.5, 0.6) is 0 Å². The number of hydrogen-bond acceptors (Lipinski definition) is 4. The molecule has 0 radical (unpaired) electrons. The van der Waals surface area contributed by atoms with Crippen LogP contribution in [-0.2, 0) is 6.54 Å². The average molecular weight is 299 g/mol. The molecule has 106 valence electrons. The molecule has 0 aromatic carbocycles. The number of nitrogens with one attached hydrogen (secondary N) is 2. The van der Waals surface area contributed by atoms with Gasteiger partial charge in [-0.3, -0.25) is 0 Å². The Morgan fingerprint density at radius 3 is 2.90 bits per heavy atom. The van der Waals surface area contributed by atoms with Gasteiger partial charge in [0.1, 0.15) is 0 Å². The van der Waals surface area contributed by atoms with Crippen molar-refractivity contribution in [3.8, 4) is 5.82 Å². The van der Waals surface area contributed by atoms with Crippen molar-refractivity contribution in [2.24, 2.45) is 0 Å². The molecular formula is C14H13N5OS. The fourth-order valence-electron chi connectivity index (χ4n) is 1.76. The molecule has 2 amide bonds. The molecule has 0 bridgehead atoms. The molecule has 0 aliphatic heterocycles. The van der Waals surface area contributed by atoms with Crippen molar-refractivity contribution in [1.82, 2.24) is 20.1 Å². The average Bonchev–Trinajstić information content (AvgIpc) is 3.19. The molecule has 3 rings (SSSR count). The minimum atomic E-state index is -0.253. The number of aromatic nitrogens is 3. The minimum absolute atomic E-state index is 0.253. The van der Waals surface area contributed by atoms with Crippen LogP contribution in [0.15, 0.2) is 54.3 Å². The normalized spacial score (nSPS) is 10.3. The predicted octanol–water partition coefficient (Wildman–Crippen LogP) is 2.65. The van der Waals surface area contributed by atoms with Crippen LogP contribution in [0.2, 0.25) is 0 Å². The van der Waals surface area contributed by atoms with Crippen molar-refractivity contribution in [2.45, 2.75) is 6.54 Å². The molecule has 0 atom stereocenters. The zero-order valence-electron chi connectivity index (χ0n) is 11.1. The van der Waals surface area contributed by atoms with E-state index >= 15 is 0 Å². The molecule has 0 fully saturated rings. The maximum Gasteiger partial charge on any atom is 0.319 e. The SMILES string of the molecule is O=C(NCc1cccs1)Nc1ccc(-n2cccn2)nc1. The van der Waals surface area contributed by atoms with Gasteiger partial charge in [-0.1, -0.05) is 6.07 Å². The molecule has 3 heterocycles. The van der Waals surface area contributed by atoms with Gasteiger partial charge < -0.3 is 10.6 Å². The summed E-state index contributed by atoms with van der Waals surface area (Å²) in [6.45, 7) is 0.516. The third kappa shape index (κ3) is 3.46. The maximum absolute atomic E-state index is 11.8. The van der Waals surface area contributed by atoms with Gasteiger partial charge in [0.05, 0.1) is 18.4 Å². The summed E-state index contributed by atoms with van der Waals surface area (Å²) in [5.74, 6) is 0.699. The zero-order chi connectivity index (χ0) is 14.5. The monoisotopic (exact) mass is 299 g/mol. The van der Waals surface area contributed by atoms with Crippen LogP contribution >= 0.6 is 11.3 Å². The number of pyridine rings is 1.